The molecule has 0 unspecified atom stereocenters. The minimum atomic E-state index is -0.867. The molecule has 4 aromatic rings. The average Bonchev–Trinajstić information content (AvgIpc) is 2.92. The highest BCUT2D eigenvalue weighted by atomic mass is 127. The van der Waals surface area contributed by atoms with Gasteiger partial charge in [-0.25, -0.2) is 0 Å². The molecular formula is C31H20I8O7. The molecule has 0 aliphatic heterocycles. The Balaban J connectivity index is 1.38. The van der Waals surface area contributed by atoms with Crippen LogP contribution in [0.2, 0.25) is 0 Å². The Kier molecular flexibility index (Phi) is 16.0. The lowest BCUT2D eigenvalue weighted by molar-refractivity contribution is -0.136. The first-order valence-corrected chi connectivity index (χ1v) is 21.6. The van der Waals surface area contributed by atoms with Gasteiger partial charge in [0.2, 0.25) is 0 Å². The minimum Gasteiger partial charge on any atom is -0.488 e. The van der Waals surface area contributed by atoms with Crippen LogP contribution in [0.15, 0.2) is 48.5 Å². The lowest BCUT2D eigenvalue weighted by atomic mass is 10.1. The maximum absolute atomic E-state index is 11.6. The number of Topliss-reactive ketones (excluding diaryl/α,β-unsaturated/α-hetero) is 1. The molecule has 4 rings (SSSR count). The topological polar surface area (TPSA) is 91.3 Å². The van der Waals surface area contributed by atoms with Gasteiger partial charge in [-0.3, -0.25) is 9.59 Å². The third-order valence-corrected chi connectivity index (χ3v) is 12.3. The lowest BCUT2D eigenvalue weighted by Gasteiger charge is -2.16. The maximum atomic E-state index is 11.6. The van der Waals surface area contributed by atoms with Crippen molar-refractivity contribution in [2.75, 3.05) is 13.2 Å². The van der Waals surface area contributed by atoms with Gasteiger partial charge in [0.25, 0.3) is 0 Å². The summed E-state index contributed by atoms with van der Waals surface area (Å²) in [5.74, 6) is 3.62. The highest BCUT2D eigenvalue weighted by Crippen LogP contribution is 2.39. The summed E-state index contributed by atoms with van der Waals surface area (Å²) in [4.78, 5) is 22.7. The second kappa shape index (κ2) is 18.5. The van der Waals surface area contributed by atoms with E-state index in [1.54, 1.807) is 6.92 Å². The summed E-state index contributed by atoms with van der Waals surface area (Å²) in [5, 5.41) is 9.12. The second-order valence-corrected chi connectivity index (χ2v) is 18.9. The number of hydrogen-bond donors (Lipinski definition) is 1. The number of hydrogen-bond acceptors (Lipinski definition) is 6. The van der Waals surface area contributed by atoms with E-state index < -0.39 is 5.97 Å². The molecule has 0 radical (unpaired) electrons. The molecule has 0 fully saturated rings. The number of halogens is 8. The number of carboxylic acids is 1. The van der Waals surface area contributed by atoms with Gasteiger partial charge >= 0.3 is 5.97 Å². The van der Waals surface area contributed by atoms with Crippen molar-refractivity contribution in [1.82, 2.24) is 0 Å². The molecule has 15 heteroatoms. The Morgan fingerprint density at radius 1 is 0.522 bits per heavy atom. The van der Waals surface area contributed by atoms with Crippen LogP contribution in [0.5, 0.6) is 34.5 Å². The first-order chi connectivity index (χ1) is 21.7. The number of carbonyl (C=O) groups is 2. The first-order valence-electron chi connectivity index (χ1n) is 13.0. The molecule has 0 aliphatic rings. The number of benzene rings is 4. The number of ether oxygens (including phenoxy) is 4. The predicted octanol–water partition coefficient (Wildman–Crippen LogP) is 11.3. The Labute approximate surface area is 375 Å². The number of rotatable bonds is 13. The van der Waals surface area contributed by atoms with E-state index in [1.165, 1.54) is 0 Å². The zero-order valence-electron chi connectivity index (χ0n) is 23.4. The molecule has 0 saturated heterocycles. The van der Waals surface area contributed by atoms with E-state index in [2.05, 4.69) is 181 Å². The third-order valence-electron chi connectivity index (χ3n) is 5.88. The molecule has 0 aliphatic carbocycles. The normalized spacial score (nSPS) is 10.9. The smallest absolute Gasteiger partial charge is 0.307 e. The molecule has 4 aromatic carbocycles. The molecule has 0 bridgehead atoms. The summed E-state index contributed by atoms with van der Waals surface area (Å²) in [6.45, 7) is 2.29. The van der Waals surface area contributed by atoms with Crippen molar-refractivity contribution in [2.24, 2.45) is 0 Å². The van der Waals surface area contributed by atoms with Crippen LogP contribution in [0.25, 0.3) is 0 Å². The quantitative estimate of drug-likeness (QED) is 0.105. The Morgan fingerprint density at radius 3 is 1.13 bits per heavy atom. The van der Waals surface area contributed by atoms with Gasteiger partial charge in [0, 0.05) is 6.42 Å². The summed E-state index contributed by atoms with van der Waals surface area (Å²) in [6.07, 6.45) is 0.372. The van der Waals surface area contributed by atoms with E-state index in [-0.39, 0.29) is 12.2 Å². The second-order valence-electron chi connectivity index (χ2n) is 9.56. The van der Waals surface area contributed by atoms with E-state index in [9.17, 15) is 9.59 Å². The van der Waals surface area contributed by atoms with Crippen molar-refractivity contribution >= 4 is 192 Å². The van der Waals surface area contributed by atoms with Crippen molar-refractivity contribution in [1.29, 1.82) is 0 Å². The molecule has 1 N–H and O–H groups in total. The van der Waals surface area contributed by atoms with Crippen LogP contribution in [0.4, 0.5) is 0 Å². The van der Waals surface area contributed by atoms with Crippen LogP contribution >= 0.6 is 181 Å². The van der Waals surface area contributed by atoms with Crippen LogP contribution < -0.4 is 18.9 Å². The average molecular weight is 1520 g/mol. The molecule has 0 aromatic heterocycles. The monoisotopic (exact) mass is 1520 g/mol. The van der Waals surface area contributed by atoms with Crippen molar-refractivity contribution in [3.05, 3.63) is 88.2 Å². The fourth-order valence-corrected chi connectivity index (χ4v) is 12.4. The molecule has 0 heterocycles. The van der Waals surface area contributed by atoms with Crippen molar-refractivity contribution in [3.8, 4) is 34.5 Å². The van der Waals surface area contributed by atoms with Crippen LogP contribution in [0.3, 0.4) is 0 Å². The number of carbonyl (C=O) groups excluding carboxylic acids is 1. The molecule has 0 saturated carbocycles. The van der Waals surface area contributed by atoms with E-state index >= 15 is 0 Å². The molecule has 0 atom stereocenters. The van der Waals surface area contributed by atoms with Gasteiger partial charge in [-0.2, -0.15) is 0 Å². The predicted molar refractivity (Wildman–Crippen MR) is 244 cm³/mol. The fraction of sp³-hybridized carbons (Fsp3) is 0.161. The summed E-state index contributed by atoms with van der Waals surface area (Å²) < 4.78 is 32.0. The standard InChI is InChI=1S/C31H20I8O7/c1-14(40)4-15-5-19(32)30(20(33)6-15)45-17-10-23(36)28(24(37)11-17)43-2-3-44-29-25(38)12-18(13-26(29)39)46-31-21(34)7-16(8-22(31)35)9-27(41)42/h5-8,10-13H,2-4,9H2,1H3,(H,41,42). The Bertz CT molecular complexity index is 1590. The van der Waals surface area contributed by atoms with Crippen molar-refractivity contribution in [3.63, 3.8) is 0 Å². The van der Waals surface area contributed by atoms with Crippen LogP contribution in [-0.2, 0) is 22.4 Å². The molecule has 0 spiro atoms. The highest BCUT2D eigenvalue weighted by Gasteiger charge is 2.17. The first kappa shape index (κ1) is 39.8. The Morgan fingerprint density at radius 2 is 0.826 bits per heavy atom. The summed E-state index contributed by atoms with van der Waals surface area (Å²) in [5.41, 5.74) is 1.71. The third kappa shape index (κ3) is 11.3. The van der Waals surface area contributed by atoms with Gasteiger partial charge in [0.15, 0.2) is 11.5 Å². The fourth-order valence-electron chi connectivity index (χ4n) is 4.08. The molecule has 46 heavy (non-hydrogen) atoms. The van der Waals surface area contributed by atoms with Gasteiger partial charge in [0.1, 0.15) is 42.0 Å². The summed E-state index contributed by atoms with van der Waals surface area (Å²) in [6, 6.07) is 15.4. The zero-order valence-corrected chi connectivity index (χ0v) is 40.6. The zero-order chi connectivity index (χ0) is 33.7. The number of aliphatic carboxylic acids is 1. The van der Waals surface area contributed by atoms with Gasteiger partial charge in [-0.15, -0.1) is 0 Å². The minimum absolute atomic E-state index is 0.0333. The van der Waals surface area contributed by atoms with Crippen molar-refractivity contribution in [2.45, 2.75) is 19.8 Å². The van der Waals surface area contributed by atoms with Gasteiger partial charge in [-0.05, 0) is 247 Å². The van der Waals surface area contributed by atoms with E-state index in [0.29, 0.717) is 36.9 Å². The van der Waals surface area contributed by atoms with E-state index in [1.807, 2.05) is 48.5 Å². The maximum Gasteiger partial charge on any atom is 0.307 e. The summed E-state index contributed by atoms with van der Waals surface area (Å²) >= 11 is 17.8. The lowest BCUT2D eigenvalue weighted by Crippen LogP contribution is -2.12. The Hall–Kier alpha value is 1.06. The number of carboxylic acid groups (broad SMARTS) is 1. The number of ketones is 1. The SMILES string of the molecule is CC(=O)Cc1cc(I)c(Oc2cc(I)c(OCCOc3c(I)cc(Oc4c(I)cc(CC(=O)O)cc4I)cc3I)c(I)c2)c(I)c1. The van der Waals surface area contributed by atoms with Crippen LogP contribution in [0, 0.1) is 28.6 Å². The van der Waals surface area contributed by atoms with Crippen LogP contribution in [0.1, 0.15) is 18.1 Å². The molecule has 7 nitrogen and oxygen atoms in total. The van der Waals surface area contributed by atoms with Gasteiger partial charge < -0.3 is 24.1 Å². The largest absolute Gasteiger partial charge is 0.488 e. The van der Waals surface area contributed by atoms with Gasteiger partial charge in [0.05, 0.1) is 35.0 Å². The van der Waals surface area contributed by atoms with Gasteiger partial charge in [-0.1, -0.05) is 0 Å². The van der Waals surface area contributed by atoms with Crippen molar-refractivity contribution < 1.29 is 33.6 Å². The molecular weight excluding hydrogens is 1500 g/mol. The van der Waals surface area contributed by atoms with E-state index in [0.717, 1.165) is 56.9 Å². The highest BCUT2D eigenvalue weighted by molar-refractivity contribution is 14.1. The molecule has 0 amide bonds. The molecule has 242 valence electrons. The summed E-state index contributed by atoms with van der Waals surface area (Å²) in [7, 11) is 0. The van der Waals surface area contributed by atoms with E-state index in [4.69, 9.17) is 24.1 Å². The van der Waals surface area contributed by atoms with Crippen LogP contribution in [-0.4, -0.2) is 30.1 Å².